The summed E-state index contributed by atoms with van der Waals surface area (Å²) in [5.74, 6) is 0.590. The molecule has 1 spiro atoms. The number of likely N-dealkylation sites (tertiary alicyclic amines) is 1. The first-order valence-electron chi connectivity index (χ1n) is 10.3. The van der Waals surface area contributed by atoms with Gasteiger partial charge in [0, 0.05) is 44.8 Å². The van der Waals surface area contributed by atoms with Gasteiger partial charge in [-0.15, -0.1) is 0 Å². The van der Waals surface area contributed by atoms with Gasteiger partial charge in [-0.2, -0.15) is 4.98 Å². The number of fused-ring (bicyclic) bond motifs is 2. The number of aryl methyl sites for hydroxylation is 2. The molecule has 2 aliphatic heterocycles. The minimum Gasteiger partial charge on any atom is -0.368 e. The molecule has 30 heavy (non-hydrogen) atoms. The molecule has 4 heterocycles. The number of piperidine rings is 1. The van der Waals surface area contributed by atoms with Gasteiger partial charge in [-0.05, 0) is 44.7 Å². The fourth-order valence-electron chi connectivity index (χ4n) is 4.32. The third-order valence-corrected chi connectivity index (χ3v) is 6.00. The Morgan fingerprint density at radius 1 is 1.23 bits per heavy atom. The van der Waals surface area contributed by atoms with Gasteiger partial charge in [-0.3, -0.25) is 9.36 Å². The topological polar surface area (TPSA) is 93.5 Å². The molecule has 2 aromatic rings. The Kier molecular flexibility index (Phi) is 5.31. The summed E-state index contributed by atoms with van der Waals surface area (Å²) in [6.45, 7) is 5.37. The Bertz CT molecular complexity index is 1020. The highest BCUT2D eigenvalue weighted by atomic mass is 16.5. The van der Waals surface area contributed by atoms with Gasteiger partial charge in [0.25, 0.3) is 0 Å². The van der Waals surface area contributed by atoms with Crippen molar-refractivity contribution >= 4 is 11.9 Å². The molecule has 0 radical (unpaired) electrons. The predicted molar refractivity (Wildman–Crippen MR) is 111 cm³/mol. The van der Waals surface area contributed by atoms with E-state index in [1.165, 1.54) is 4.57 Å². The zero-order chi connectivity index (χ0) is 21.5. The Labute approximate surface area is 175 Å². The van der Waals surface area contributed by atoms with Crippen LogP contribution >= 0.6 is 0 Å². The van der Waals surface area contributed by atoms with E-state index >= 15 is 0 Å². The maximum Gasteiger partial charge on any atom is 0.348 e. The Balaban J connectivity index is 1.50. The number of carbonyl (C=O) groups excluding carboxylic acids is 1. The van der Waals surface area contributed by atoms with Crippen LogP contribution in [0.15, 0.2) is 17.1 Å². The predicted octanol–water partition coefficient (Wildman–Crippen LogP) is 0.807. The summed E-state index contributed by atoms with van der Waals surface area (Å²) in [6, 6.07) is 1.81. The molecule has 0 unspecified atom stereocenters. The van der Waals surface area contributed by atoms with E-state index in [-0.39, 0.29) is 18.1 Å². The summed E-state index contributed by atoms with van der Waals surface area (Å²) in [7, 11) is 3.84. The van der Waals surface area contributed by atoms with Crippen molar-refractivity contribution in [2.24, 2.45) is 0 Å². The molecule has 0 N–H and O–H groups in total. The van der Waals surface area contributed by atoms with Crippen LogP contribution in [0.25, 0.3) is 0 Å². The molecule has 1 saturated heterocycles. The molecule has 0 atom stereocenters. The van der Waals surface area contributed by atoms with Crippen LogP contribution in [0.5, 0.6) is 0 Å². The first kappa shape index (κ1) is 20.5. The first-order chi connectivity index (χ1) is 14.3. The smallest absolute Gasteiger partial charge is 0.348 e. The van der Waals surface area contributed by atoms with Gasteiger partial charge in [0.1, 0.15) is 12.1 Å². The number of nitrogens with zero attached hydrogens (tertiary/aromatic N) is 6. The van der Waals surface area contributed by atoms with E-state index in [1.807, 2.05) is 43.1 Å². The molecule has 9 nitrogen and oxygen atoms in total. The number of carbonyl (C=O) groups is 1. The first-order valence-corrected chi connectivity index (χ1v) is 10.3. The van der Waals surface area contributed by atoms with Gasteiger partial charge in [0.2, 0.25) is 11.9 Å². The molecule has 0 aliphatic carbocycles. The standard InChI is InChI=1S/C21H28N6O3/c1-14-11-15(2)27(20(29)23-14)13-17(28)26-8-6-21(7-9-26)18-16(5-10-30-21)12-22-19(24-18)25(3)4/h11-12H,5-10,13H2,1-4H3. The molecule has 160 valence electrons. The summed E-state index contributed by atoms with van der Waals surface area (Å²) < 4.78 is 7.69. The molecule has 4 rings (SSSR count). The highest BCUT2D eigenvalue weighted by molar-refractivity contribution is 5.76. The van der Waals surface area contributed by atoms with Crippen LogP contribution in [0.3, 0.4) is 0 Å². The fraction of sp³-hybridized carbons (Fsp3) is 0.571. The number of hydrogen-bond donors (Lipinski definition) is 0. The summed E-state index contributed by atoms with van der Waals surface area (Å²) in [5.41, 5.74) is 2.62. The van der Waals surface area contributed by atoms with Crippen molar-refractivity contribution in [3.8, 4) is 0 Å². The number of ether oxygens (including phenoxy) is 1. The van der Waals surface area contributed by atoms with Crippen molar-refractivity contribution in [3.05, 3.63) is 45.4 Å². The maximum absolute atomic E-state index is 12.9. The van der Waals surface area contributed by atoms with Crippen LogP contribution < -0.4 is 10.6 Å². The van der Waals surface area contributed by atoms with Gasteiger partial charge >= 0.3 is 5.69 Å². The van der Waals surface area contributed by atoms with Crippen molar-refractivity contribution in [2.45, 2.75) is 45.3 Å². The lowest BCUT2D eigenvalue weighted by Gasteiger charge is -2.44. The van der Waals surface area contributed by atoms with Crippen LogP contribution in [0, 0.1) is 13.8 Å². The molecular formula is C21H28N6O3. The van der Waals surface area contributed by atoms with Crippen molar-refractivity contribution in [3.63, 3.8) is 0 Å². The van der Waals surface area contributed by atoms with Crippen molar-refractivity contribution < 1.29 is 9.53 Å². The van der Waals surface area contributed by atoms with Crippen molar-refractivity contribution in [2.75, 3.05) is 38.7 Å². The van der Waals surface area contributed by atoms with E-state index in [1.54, 1.807) is 6.92 Å². The fourth-order valence-corrected chi connectivity index (χ4v) is 4.32. The molecule has 0 saturated carbocycles. The number of aromatic nitrogens is 4. The van der Waals surface area contributed by atoms with Crippen LogP contribution in [0.2, 0.25) is 0 Å². The van der Waals surface area contributed by atoms with Crippen LogP contribution in [-0.2, 0) is 28.1 Å². The highest BCUT2D eigenvalue weighted by Crippen LogP contribution is 2.40. The van der Waals surface area contributed by atoms with Gasteiger partial charge in [-0.25, -0.2) is 14.8 Å². The average molecular weight is 412 g/mol. The van der Waals surface area contributed by atoms with E-state index in [0.717, 1.165) is 23.4 Å². The Morgan fingerprint density at radius 3 is 2.63 bits per heavy atom. The van der Waals surface area contributed by atoms with E-state index < -0.39 is 5.60 Å². The zero-order valence-corrected chi connectivity index (χ0v) is 18.0. The summed E-state index contributed by atoms with van der Waals surface area (Å²) in [6.07, 6.45) is 4.06. The third kappa shape index (κ3) is 3.69. The monoisotopic (exact) mass is 412 g/mol. The molecule has 1 amide bonds. The lowest BCUT2D eigenvalue weighted by Crippen LogP contribution is -2.50. The Hall–Kier alpha value is -2.81. The lowest BCUT2D eigenvalue weighted by atomic mass is 9.83. The number of hydrogen-bond acceptors (Lipinski definition) is 7. The van der Waals surface area contributed by atoms with Gasteiger partial charge in [-0.1, -0.05) is 0 Å². The van der Waals surface area contributed by atoms with Gasteiger partial charge in [0.15, 0.2) is 0 Å². The lowest BCUT2D eigenvalue weighted by molar-refractivity contribution is -0.142. The van der Waals surface area contributed by atoms with Crippen molar-refractivity contribution in [1.82, 2.24) is 24.4 Å². The molecule has 0 aromatic carbocycles. The SMILES string of the molecule is Cc1cc(C)n(CC(=O)N2CCC3(CC2)OCCc2cnc(N(C)C)nc23)c(=O)n1. The highest BCUT2D eigenvalue weighted by Gasteiger charge is 2.43. The minimum atomic E-state index is -0.476. The molecule has 2 aromatic heterocycles. The van der Waals surface area contributed by atoms with E-state index in [4.69, 9.17) is 9.72 Å². The van der Waals surface area contributed by atoms with Gasteiger partial charge < -0.3 is 14.5 Å². The van der Waals surface area contributed by atoms with Gasteiger partial charge in [0.05, 0.1) is 12.3 Å². The second kappa shape index (κ2) is 7.79. The van der Waals surface area contributed by atoms with Crippen LogP contribution in [0.4, 0.5) is 5.95 Å². The Morgan fingerprint density at radius 2 is 1.97 bits per heavy atom. The molecule has 2 aliphatic rings. The summed E-state index contributed by atoms with van der Waals surface area (Å²) in [5, 5.41) is 0. The largest absolute Gasteiger partial charge is 0.368 e. The van der Waals surface area contributed by atoms with Crippen LogP contribution in [0.1, 0.15) is 35.5 Å². The molecule has 1 fully saturated rings. The second-order valence-corrected chi connectivity index (χ2v) is 8.32. The maximum atomic E-state index is 12.9. The average Bonchev–Trinajstić information content (AvgIpc) is 2.71. The molecule has 0 bridgehead atoms. The zero-order valence-electron chi connectivity index (χ0n) is 18.0. The van der Waals surface area contributed by atoms with E-state index in [9.17, 15) is 9.59 Å². The molecular weight excluding hydrogens is 384 g/mol. The number of rotatable bonds is 3. The number of anilines is 1. The van der Waals surface area contributed by atoms with E-state index in [2.05, 4.69) is 9.97 Å². The van der Waals surface area contributed by atoms with Crippen molar-refractivity contribution in [1.29, 1.82) is 0 Å². The number of amides is 1. The van der Waals surface area contributed by atoms with Crippen LogP contribution in [-0.4, -0.2) is 64.1 Å². The normalized spacial score (nSPS) is 17.7. The molecule has 9 heteroatoms. The summed E-state index contributed by atoms with van der Waals surface area (Å²) in [4.78, 5) is 41.9. The summed E-state index contributed by atoms with van der Waals surface area (Å²) >= 11 is 0. The minimum absolute atomic E-state index is 0.00926. The third-order valence-electron chi connectivity index (χ3n) is 6.00. The van der Waals surface area contributed by atoms with E-state index in [0.29, 0.717) is 44.2 Å². The quantitative estimate of drug-likeness (QED) is 0.736. The second-order valence-electron chi connectivity index (χ2n) is 8.32.